The number of carbonyl (C=O) groups is 1. The largest absolute Gasteiger partial charge is 0.478 e. The van der Waals surface area contributed by atoms with Gasteiger partial charge >= 0.3 is 5.97 Å². The van der Waals surface area contributed by atoms with Gasteiger partial charge in [0.15, 0.2) is 6.10 Å². The molecule has 1 aliphatic rings. The molecule has 2 rings (SSSR count). The molecule has 0 spiro atoms. The Balaban J connectivity index is 2.24. The molecule has 2 N–H and O–H groups in total. The minimum atomic E-state index is -0.512. The van der Waals surface area contributed by atoms with Crippen LogP contribution in [0.25, 0.3) is 0 Å². The van der Waals surface area contributed by atoms with Crippen molar-refractivity contribution < 1.29 is 14.3 Å². The summed E-state index contributed by atoms with van der Waals surface area (Å²) >= 11 is 3.37. The highest BCUT2D eigenvalue weighted by Gasteiger charge is 2.29. The molecule has 92 valence electrons. The maximum absolute atomic E-state index is 11.4. The third kappa shape index (κ3) is 2.79. The van der Waals surface area contributed by atoms with Crippen LogP contribution in [0.3, 0.4) is 0 Å². The Labute approximate surface area is 108 Å². The highest BCUT2D eigenvalue weighted by molar-refractivity contribution is 9.10. The van der Waals surface area contributed by atoms with E-state index in [0.717, 1.165) is 10.0 Å². The normalized spacial score (nSPS) is 21.1. The molecule has 2 unspecified atom stereocenters. The van der Waals surface area contributed by atoms with E-state index in [9.17, 15) is 4.79 Å². The lowest BCUT2D eigenvalue weighted by molar-refractivity contribution is -0.143. The standard InChI is InChI=1S/C12H14BrNO3/c1-7(14)9-3-2-8(13)6-11(9)17-10-4-5-16-12(10)15/h2-3,6-7,10H,4-5,14H2,1H3. The molecule has 5 heteroatoms. The van der Waals surface area contributed by atoms with Gasteiger partial charge in [0.05, 0.1) is 6.61 Å². The molecule has 1 heterocycles. The summed E-state index contributed by atoms with van der Waals surface area (Å²) in [5.74, 6) is 0.332. The fraction of sp³-hybridized carbons (Fsp3) is 0.417. The molecule has 1 aliphatic heterocycles. The molecule has 1 fully saturated rings. The predicted molar refractivity (Wildman–Crippen MR) is 66.7 cm³/mol. The van der Waals surface area contributed by atoms with E-state index in [0.29, 0.717) is 18.8 Å². The summed E-state index contributed by atoms with van der Waals surface area (Å²) in [6, 6.07) is 5.48. The molecule has 0 aliphatic carbocycles. The number of hydrogen-bond donors (Lipinski definition) is 1. The van der Waals surface area contributed by atoms with Crippen LogP contribution in [0.1, 0.15) is 24.9 Å². The minimum Gasteiger partial charge on any atom is -0.478 e. The van der Waals surface area contributed by atoms with Crippen molar-refractivity contribution >= 4 is 21.9 Å². The van der Waals surface area contributed by atoms with E-state index in [-0.39, 0.29) is 12.0 Å². The van der Waals surface area contributed by atoms with Crippen molar-refractivity contribution in [3.63, 3.8) is 0 Å². The fourth-order valence-corrected chi connectivity index (χ4v) is 2.06. The van der Waals surface area contributed by atoms with Crippen LogP contribution in [0.5, 0.6) is 5.75 Å². The van der Waals surface area contributed by atoms with Crippen molar-refractivity contribution in [3.05, 3.63) is 28.2 Å². The van der Waals surface area contributed by atoms with Crippen LogP contribution in [0, 0.1) is 0 Å². The second kappa shape index (κ2) is 5.06. The van der Waals surface area contributed by atoms with E-state index in [1.165, 1.54) is 0 Å². The Morgan fingerprint density at radius 1 is 1.59 bits per heavy atom. The van der Waals surface area contributed by atoms with Crippen LogP contribution in [0.15, 0.2) is 22.7 Å². The van der Waals surface area contributed by atoms with Gasteiger partial charge in [0.25, 0.3) is 0 Å². The van der Waals surface area contributed by atoms with E-state index >= 15 is 0 Å². The predicted octanol–water partition coefficient (Wildman–Crippen LogP) is 2.16. The molecule has 1 aromatic rings. The molecule has 0 amide bonds. The van der Waals surface area contributed by atoms with E-state index < -0.39 is 6.10 Å². The summed E-state index contributed by atoms with van der Waals surface area (Å²) in [6.07, 6.45) is 0.0748. The molecule has 0 saturated carbocycles. The number of nitrogens with two attached hydrogens (primary N) is 1. The lowest BCUT2D eigenvalue weighted by Crippen LogP contribution is -2.23. The average molecular weight is 300 g/mol. The molecule has 2 atom stereocenters. The quantitative estimate of drug-likeness (QED) is 0.869. The van der Waals surface area contributed by atoms with Gasteiger partial charge in [-0.1, -0.05) is 22.0 Å². The van der Waals surface area contributed by atoms with Crippen molar-refractivity contribution in [1.82, 2.24) is 0 Å². The van der Waals surface area contributed by atoms with E-state index in [1.54, 1.807) is 0 Å². The van der Waals surface area contributed by atoms with E-state index in [2.05, 4.69) is 15.9 Å². The van der Waals surface area contributed by atoms with Gasteiger partial charge in [-0.3, -0.25) is 0 Å². The maximum atomic E-state index is 11.4. The Morgan fingerprint density at radius 3 is 2.94 bits per heavy atom. The number of hydrogen-bond acceptors (Lipinski definition) is 4. The number of rotatable bonds is 3. The van der Waals surface area contributed by atoms with Crippen LogP contribution in [0.2, 0.25) is 0 Å². The van der Waals surface area contributed by atoms with Crippen molar-refractivity contribution in [3.8, 4) is 5.75 Å². The number of halogens is 1. The highest BCUT2D eigenvalue weighted by Crippen LogP contribution is 2.29. The monoisotopic (exact) mass is 299 g/mol. The van der Waals surface area contributed by atoms with Crippen molar-refractivity contribution in [2.45, 2.75) is 25.5 Å². The Morgan fingerprint density at radius 2 is 2.35 bits per heavy atom. The number of cyclic esters (lactones) is 1. The summed E-state index contributed by atoms with van der Waals surface area (Å²) < 4.78 is 11.4. The SMILES string of the molecule is CC(N)c1ccc(Br)cc1OC1CCOC1=O. The maximum Gasteiger partial charge on any atom is 0.347 e. The zero-order chi connectivity index (χ0) is 12.4. The minimum absolute atomic E-state index is 0.143. The number of ether oxygens (including phenoxy) is 2. The zero-order valence-electron chi connectivity index (χ0n) is 9.48. The molecule has 0 bridgehead atoms. The highest BCUT2D eigenvalue weighted by atomic mass is 79.9. The van der Waals surface area contributed by atoms with Crippen molar-refractivity contribution in [1.29, 1.82) is 0 Å². The first kappa shape index (κ1) is 12.4. The molecule has 1 saturated heterocycles. The third-order valence-corrected chi connectivity index (χ3v) is 3.12. The van der Waals surface area contributed by atoms with Gasteiger partial charge in [-0.2, -0.15) is 0 Å². The van der Waals surface area contributed by atoms with Gasteiger partial charge in [-0.05, 0) is 19.1 Å². The third-order valence-electron chi connectivity index (χ3n) is 2.62. The molecule has 0 radical (unpaired) electrons. The van der Waals surface area contributed by atoms with E-state index in [4.69, 9.17) is 15.2 Å². The number of benzene rings is 1. The number of esters is 1. The van der Waals surface area contributed by atoms with Crippen LogP contribution in [-0.4, -0.2) is 18.7 Å². The summed E-state index contributed by atoms with van der Waals surface area (Å²) in [6.45, 7) is 2.30. The first-order valence-electron chi connectivity index (χ1n) is 5.46. The Kier molecular flexibility index (Phi) is 3.69. The first-order chi connectivity index (χ1) is 8.08. The fourth-order valence-electron chi connectivity index (χ4n) is 1.72. The smallest absolute Gasteiger partial charge is 0.347 e. The first-order valence-corrected chi connectivity index (χ1v) is 6.25. The van der Waals surface area contributed by atoms with Crippen LogP contribution in [0.4, 0.5) is 0 Å². The van der Waals surface area contributed by atoms with Crippen molar-refractivity contribution in [2.75, 3.05) is 6.61 Å². The molecule has 4 nitrogen and oxygen atoms in total. The second-order valence-corrected chi connectivity index (χ2v) is 4.95. The Hall–Kier alpha value is -1.07. The second-order valence-electron chi connectivity index (χ2n) is 4.03. The molecule has 0 aromatic heterocycles. The van der Waals surface area contributed by atoms with Gasteiger partial charge < -0.3 is 15.2 Å². The van der Waals surface area contributed by atoms with Gasteiger partial charge in [0.1, 0.15) is 5.75 Å². The lowest BCUT2D eigenvalue weighted by Gasteiger charge is -2.16. The van der Waals surface area contributed by atoms with Crippen LogP contribution < -0.4 is 10.5 Å². The molecule has 1 aromatic carbocycles. The van der Waals surface area contributed by atoms with E-state index in [1.807, 2.05) is 25.1 Å². The van der Waals surface area contributed by atoms with Crippen molar-refractivity contribution in [2.24, 2.45) is 5.73 Å². The van der Waals surface area contributed by atoms with Gasteiger partial charge in [0.2, 0.25) is 0 Å². The lowest BCUT2D eigenvalue weighted by atomic mass is 10.1. The zero-order valence-corrected chi connectivity index (χ0v) is 11.1. The summed E-state index contributed by atoms with van der Waals surface area (Å²) in [4.78, 5) is 11.4. The van der Waals surface area contributed by atoms with Gasteiger partial charge in [-0.25, -0.2) is 4.79 Å². The van der Waals surface area contributed by atoms with Crippen LogP contribution >= 0.6 is 15.9 Å². The van der Waals surface area contributed by atoms with Gasteiger partial charge in [0, 0.05) is 22.5 Å². The molecular weight excluding hydrogens is 286 g/mol. The summed E-state index contributed by atoms with van der Waals surface area (Å²) in [5, 5.41) is 0. The average Bonchev–Trinajstić information content (AvgIpc) is 2.64. The summed E-state index contributed by atoms with van der Waals surface area (Å²) in [7, 11) is 0. The Bertz CT molecular complexity index is 434. The van der Waals surface area contributed by atoms with Gasteiger partial charge in [-0.15, -0.1) is 0 Å². The molecular formula is C12H14BrNO3. The topological polar surface area (TPSA) is 61.6 Å². The molecule has 17 heavy (non-hydrogen) atoms. The number of carbonyl (C=O) groups excluding carboxylic acids is 1. The summed E-state index contributed by atoms with van der Waals surface area (Å²) in [5.41, 5.74) is 6.74. The van der Waals surface area contributed by atoms with Crippen LogP contribution in [-0.2, 0) is 9.53 Å².